The molecule has 0 atom stereocenters. The number of likely N-dealkylation sites (tertiary alicyclic amines) is 1. The van der Waals surface area contributed by atoms with Gasteiger partial charge in [0, 0.05) is 6.54 Å². The number of piperidine rings is 1. The van der Waals surface area contributed by atoms with Crippen LogP contribution in [-0.2, 0) is 14.8 Å². The highest BCUT2D eigenvalue weighted by atomic mass is 32.2. The minimum atomic E-state index is -3.96. The largest absolute Gasteiger partial charge is 0.477 e. The molecule has 1 N–H and O–H groups in total. The maximum atomic E-state index is 11.4. The van der Waals surface area contributed by atoms with Gasteiger partial charge in [-0.2, -0.15) is 12.8 Å². The summed E-state index contributed by atoms with van der Waals surface area (Å²) < 4.78 is 26.3. The summed E-state index contributed by atoms with van der Waals surface area (Å²) in [5.74, 6) is -1.44. The van der Waals surface area contributed by atoms with Crippen LogP contribution < -0.4 is 0 Å². The molecule has 2 aliphatic rings. The van der Waals surface area contributed by atoms with Gasteiger partial charge in [-0.15, -0.1) is 0 Å². The minimum absolute atomic E-state index is 0.323. The first-order valence-corrected chi connectivity index (χ1v) is 6.94. The molecule has 2 aliphatic heterocycles. The fraction of sp³-hybridized carbons (Fsp3) is 0.600. The van der Waals surface area contributed by atoms with Gasteiger partial charge in [0.05, 0.1) is 5.71 Å². The van der Waals surface area contributed by atoms with E-state index in [4.69, 9.17) is 5.11 Å². The van der Waals surface area contributed by atoms with E-state index < -0.39 is 20.9 Å². The molecule has 0 aromatic heterocycles. The van der Waals surface area contributed by atoms with Crippen LogP contribution in [-0.4, -0.2) is 49.7 Å². The Morgan fingerprint density at radius 1 is 1.35 bits per heavy atom. The van der Waals surface area contributed by atoms with E-state index in [1.165, 1.54) is 6.42 Å². The Hall–Kier alpha value is -1.21. The lowest BCUT2D eigenvalue weighted by Gasteiger charge is -2.25. The van der Waals surface area contributed by atoms with Crippen molar-refractivity contribution in [2.24, 2.45) is 4.40 Å². The second kappa shape index (κ2) is 4.58. The molecule has 1 saturated heterocycles. The van der Waals surface area contributed by atoms with E-state index in [0.717, 1.165) is 32.0 Å². The maximum Gasteiger partial charge on any atom is 0.349 e. The molecule has 0 radical (unpaired) electrons. The van der Waals surface area contributed by atoms with E-state index in [0.29, 0.717) is 12.3 Å². The van der Waals surface area contributed by atoms with E-state index in [1.54, 1.807) is 0 Å². The lowest BCUT2D eigenvalue weighted by Crippen LogP contribution is -2.33. The van der Waals surface area contributed by atoms with Crippen molar-refractivity contribution in [1.82, 2.24) is 4.90 Å². The van der Waals surface area contributed by atoms with Crippen molar-refractivity contribution in [1.29, 1.82) is 0 Å². The summed E-state index contributed by atoms with van der Waals surface area (Å²) in [7, 11) is -3.96. The molecule has 94 valence electrons. The molecule has 7 heteroatoms. The van der Waals surface area contributed by atoms with Crippen LogP contribution in [0.15, 0.2) is 15.4 Å². The molecule has 0 saturated carbocycles. The van der Waals surface area contributed by atoms with Gasteiger partial charge in [-0.3, -0.25) is 4.90 Å². The lowest BCUT2D eigenvalue weighted by molar-refractivity contribution is -0.131. The third kappa shape index (κ3) is 2.73. The Balaban J connectivity index is 2.10. The maximum absolute atomic E-state index is 11.4. The summed E-state index contributed by atoms with van der Waals surface area (Å²) >= 11 is 0. The molecular weight excluding hydrogens is 244 g/mol. The van der Waals surface area contributed by atoms with Gasteiger partial charge < -0.3 is 5.11 Å². The van der Waals surface area contributed by atoms with Crippen LogP contribution in [0.25, 0.3) is 0 Å². The fourth-order valence-corrected chi connectivity index (χ4v) is 3.07. The van der Waals surface area contributed by atoms with Gasteiger partial charge >= 0.3 is 5.97 Å². The van der Waals surface area contributed by atoms with E-state index >= 15 is 0 Å². The average molecular weight is 258 g/mol. The molecule has 0 aromatic carbocycles. The van der Waals surface area contributed by atoms with Crippen molar-refractivity contribution < 1.29 is 18.3 Å². The van der Waals surface area contributed by atoms with E-state index in [-0.39, 0.29) is 0 Å². The summed E-state index contributed by atoms with van der Waals surface area (Å²) in [5, 5.41) is 8.74. The highest BCUT2D eigenvalue weighted by molar-refractivity contribution is 7.95. The molecule has 2 rings (SSSR count). The first-order chi connectivity index (χ1) is 7.99. The first kappa shape index (κ1) is 12.3. The van der Waals surface area contributed by atoms with Gasteiger partial charge in [0.25, 0.3) is 10.0 Å². The molecule has 2 heterocycles. The standard InChI is InChI=1S/C10H14N2O4S/c13-10(14)9-6-8(11-17(9,15)16)7-12-4-2-1-3-5-12/h6H,1-5,7H2,(H,13,14). The van der Waals surface area contributed by atoms with Crippen molar-refractivity contribution in [3.8, 4) is 0 Å². The zero-order valence-electron chi connectivity index (χ0n) is 9.29. The predicted molar refractivity (Wildman–Crippen MR) is 62.4 cm³/mol. The zero-order valence-corrected chi connectivity index (χ0v) is 10.1. The van der Waals surface area contributed by atoms with Gasteiger partial charge in [-0.25, -0.2) is 4.79 Å². The molecule has 0 aliphatic carbocycles. The van der Waals surface area contributed by atoms with Gasteiger partial charge in [-0.05, 0) is 32.0 Å². The number of nitrogens with zero attached hydrogens (tertiary/aromatic N) is 2. The first-order valence-electron chi connectivity index (χ1n) is 5.50. The number of aliphatic carboxylic acids is 1. The van der Waals surface area contributed by atoms with E-state index in [1.807, 2.05) is 0 Å². The second-order valence-electron chi connectivity index (χ2n) is 4.21. The Bertz CT molecular complexity index is 486. The van der Waals surface area contributed by atoms with Crippen molar-refractivity contribution in [3.05, 3.63) is 11.0 Å². The fourth-order valence-electron chi connectivity index (χ4n) is 2.05. The molecule has 0 bridgehead atoms. The summed E-state index contributed by atoms with van der Waals surface area (Å²) in [4.78, 5) is 12.2. The smallest absolute Gasteiger partial charge is 0.349 e. The molecular formula is C10H14N2O4S. The predicted octanol–water partition coefficient (Wildman–Crippen LogP) is 0.225. The van der Waals surface area contributed by atoms with Crippen molar-refractivity contribution in [3.63, 3.8) is 0 Å². The Morgan fingerprint density at radius 3 is 2.53 bits per heavy atom. The lowest BCUT2D eigenvalue weighted by atomic mass is 10.1. The van der Waals surface area contributed by atoms with E-state index in [9.17, 15) is 13.2 Å². The normalized spacial score (nSPS) is 24.2. The number of carbonyl (C=O) groups is 1. The van der Waals surface area contributed by atoms with Crippen LogP contribution >= 0.6 is 0 Å². The summed E-state index contributed by atoms with van der Waals surface area (Å²) in [6, 6.07) is 0. The van der Waals surface area contributed by atoms with Crippen LogP contribution in [0, 0.1) is 0 Å². The van der Waals surface area contributed by atoms with Crippen LogP contribution in [0.3, 0.4) is 0 Å². The Labute approximate surface area is 99.7 Å². The van der Waals surface area contributed by atoms with Crippen molar-refractivity contribution in [2.75, 3.05) is 19.6 Å². The third-order valence-corrected chi connectivity index (χ3v) is 4.18. The monoisotopic (exact) mass is 258 g/mol. The highest BCUT2D eigenvalue weighted by Gasteiger charge is 2.30. The van der Waals surface area contributed by atoms with Crippen molar-refractivity contribution in [2.45, 2.75) is 19.3 Å². The van der Waals surface area contributed by atoms with Gasteiger partial charge in [0.1, 0.15) is 0 Å². The molecule has 0 spiro atoms. The molecule has 0 aromatic rings. The summed E-state index contributed by atoms with van der Waals surface area (Å²) in [6.45, 7) is 2.24. The van der Waals surface area contributed by atoms with E-state index in [2.05, 4.69) is 9.30 Å². The molecule has 0 unspecified atom stereocenters. The van der Waals surface area contributed by atoms with Crippen LogP contribution in [0.4, 0.5) is 0 Å². The number of hydrogen-bond donors (Lipinski definition) is 1. The number of rotatable bonds is 3. The molecule has 0 amide bonds. The van der Waals surface area contributed by atoms with Gasteiger partial charge in [0.2, 0.25) is 0 Å². The number of carboxylic acids is 1. The Kier molecular flexibility index (Phi) is 3.30. The van der Waals surface area contributed by atoms with Crippen molar-refractivity contribution >= 4 is 21.7 Å². The zero-order chi connectivity index (χ0) is 12.5. The number of hydrogen-bond acceptors (Lipinski definition) is 4. The van der Waals surface area contributed by atoms with Crippen LogP contribution in [0.2, 0.25) is 0 Å². The minimum Gasteiger partial charge on any atom is -0.477 e. The van der Waals surface area contributed by atoms with Crippen LogP contribution in [0.5, 0.6) is 0 Å². The summed E-state index contributed by atoms with van der Waals surface area (Å²) in [5.41, 5.74) is 0.323. The molecule has 1 fully saturated rings. The third-order valence-electron chi connectivity index (χ3n) is 2.86. The molecule has 6 nitrogen and oxygen atoms in total. The Morgan fingerprint density at radius 2 is 2.00 bits per heavy atom. The topological polar surface area (TPSA) is 87.0 Å². The SMILES string of the molecule is O=C(O)C1=CC(CN2CCCCC2)=NS1(=O)=O. The van der Waals surface area contributed by atoms with Gasteiger partial charge in [0.15, 0.2) is 4.91 Å². The van der Waals surface area contributed by atoms with Crippen LogP contribution in [0.1, 0.15) is 19.3 Å². The summed E-state index contributed by atoms with van der Waals surface area (Å²) in [6.07, 6.45) is 4.54. The number of sulfonamides is 1. The molecule has 17 heavy (non-hydrogen) atoms. The highest BCUT2D eigenvalue weighted by Crippen LogP contribution is 2.18. The quantitative estimate of drug-likeness (QED) is 0.782. The average Bonchev–Trinajstić information content (AvgIpc) is 2.55. The second-order valence-corrected chi connectivity index (χ2v) is 5.78. The number of carboxylic acid groups (broad SMARTS) is 1. The van der Waals surface area contributed by atoms with Gasteiger partial charge in [-0.1, -0.05) is 6.42 Å².